The standard InChI is InChI=1S/C22H13BrFNO2S/c23-15-5-4-6-17(13-15)25-21(26)19(14-9-11-16(24)12-10-14)20(22(25)27)28-18-7-2-1-3-8-18/h1-13H. The molecule has 0 spiro atoms. The molecule has 3 nitrogen and oxygen atoms in total. The molecule has 3 aromatic carbocycles. The smallest absolute Gasteiger partial charge is 0.268 e. The number of hydrogen-bond donors (Lipinski definition) is 0. The molecule has 138 valence electrons. The summed E-state index contributed by atoms with van der Waals surface area (Å²) >= 11 is 4.61. The Morgan fingerprint density at radius 1 is 0.821 bits per heavy atom. The van der Waals surface area contributed by atoms with Gasteiger partial charge in [0.25, 0.3) is 11.8 Å². The Morgan fingerprint density at radius 2 is 1.54 bits per heavy atom. The van der Waals surface area contributed by atoms with E-state index in [0.717, 1.165) is 14.3 Å². The number of rotatable bonds is 4. The molecule has 0 radical (unpaired) electrons. The van der Waals surface area contributed by atoms with Crippen LogP contribution in [0.1, 0.15) is 5.56 Å². The molecule has 0 atom stereocenters. The van der Waals surface area contributed by atoms with Gasteiger partial charge in [-0.2, -0.15) is 0 Å². The predicted octanol–water partition coefficient (Wildman–Crippen LogP) is 5.67. The van der Waals surface area contributed by atoms with Crippen LogP contribution in [0.25, 0.3) is 5.57 Å². The lowest BCUT2D eigenvalue weighted by molar-refractivity contribution is -0.119. The maximum atomic E-state index is 13.4. The molecular weight excluding hydrogens is 441 g/mol. The van der Waals surface area contributed by atoms with E-state index in [1.54, 1.807) is 18.2 Å². The van der Waals surface area contributed by atoms with Crippen molar-refractivity contribution in [1.29, 1.82) is 0 Å². The number of halogens is 2. The summed E-state index contributed by atoms with van der Waals surface area (Å²) in [7, 11) is 0. The van der Waals surface area contributed by atoms with E-state index in [4.69, 9.17) is 0 Å². The van der Waals surface area contributed by atoms with Gasteiger partial charge in [-0.25, -0.2) is 9.29 Å². The van der Waals surface area contributed by atoms with E-state index in [0.29, 0.717) is 16.2 Å². The van der Waals surface area contributed by atoms with Crippen molar-refractivity contribution >= 4 is 50.8 Å². The molecule has 0 fully saturated rings. The molecule has 0 unspecified atom stereocenters. The second-order valence-corrected chi connectivity index (χ2v) is 8.05. The highest BCUT2D eigenvalue weighted by Crippen LogP contribution is 2.41. The minimum absolute atomic E-state index is 0.277. The summed E-state index contributed by atoms with van der Waals surface area (Å²) in [5.74, 6) is -1.22. The van der Waals surface area contributed by atoms with E-state index in [1.165, 1.54) is 36.0 Å². The Hall–Kier alpha value is -2.70. The number of nitrogens with zero attached hydrogens (tertiary/aromatic N) is 1. The van der Waals surface area contributed by atoms with Crippen LogP contribution < -0.4 is 4.90 Å². The molecule has 1 heterocycles. The van der Waals surface area contributed by atoms with E-state index in [1.807, 2.05) is 36.4 Å². The number of carbonyl (C=O) groups excluding carboxylic acids is 2. The van der Waals surface area contributed by atoms with Crippen LogP contribution in [0.2, 0.25) is 0 Å². The summed E-state index contributed by atoms with van der Waals surface area (Å²) in [6, 6.07) is 22.0. The van der Waals surface area contributed by atoms with E-state index in [9.17, 15) is 14.0 Å². The summed E-state index contributed by atoms with van der Waals surface area (Å²) in [5, 5.41) is 0. The quantitative estimate of drug-likeness (QED) is 0.477. The number of anilines is 1. The molecule has 1 aliphatic rings. The highest BCUT2D eigenvalue weighted by Gasteiger charge is 2.40. The molecule has 0 aromatic heterocycles. The molecule has 2 amide bonds. The van der Waals surface area contributed by atoms with Gasteiger partial charge in [0.2, 0.25) is 0 Å². The van der Waals surface area contributed by atoms with Crippen molar-refractivity contribution < 1.29 is 14.0 Å². The second kappa shape index (κ2) is 7.73. The van der Waals surface area contributed by atoms with Gasteiger partial charge in [0.15, 0.2) is 0 Å². The van der Waals surface area contributed by atoms with Gasteiger partial charge >= 0.3 is 0 Å². The molecule has 6 heteroatoms. The monoisotopic (exact) mass is 453 g/mol. The topological polar surface area (TPSA) is 37.4 Å². The van der Waals surface area contributed by atoms with E-state index < -0.39 is 17.6 Å². The van der Waals surface area contributed by atoms with Gasteiger partial charge < -0.3 is 0 Å². The molecule has 0 saturated heterocycles. The predicted molar refractivity (Wildman–Crippen MR) is 112 cm³/mol. The molecule has 1 aliphatic heterocycles. The summed E-state index contributed by atoms with van der Waals surface area (Å²) < 4.78 is 14.2. The van der Waals surface area contributed by atoms with Crippen LogP contribution in [0.5, 0.6) is 0 Å². The molecule has 0 aliphatic carbocycles. The van der Waals surface area contributed by atoms with Crippen LogP contribution in [-0.2, 0) is 9.59 Å². The van der Waals surface area contributed by atoms with Gasteiger partial charge in [-0.1, -0.05) is 64.1 Å². The van der Waals surface area contributed by atoms with Crippen molar-refractivity contribution in [3.8, 4) is 0 Å². The van der Waals surface area contributed by atoms with Gasteiger partial charge in [0, 0.05) is 9.37 Å². The minimum Gasteiger partial charge on any atom is -0.268 e. The molecule has 0 N–H and O–H groups in total. The molecule has 0 saturated carbocycles. The van der Waals surface area contributed by atoms with Crippen LogP contribution in [0.3, 0.4) is 0 Å². The van der Waals surface area contributed by atoms with E-state index in [2.05, 4.69) is 15.9 Å². The maximum Gasteiger partial charge on any atom is 0.272 e. The first kappa shape index (κ1) is 18.7. The van der Waals surface area contributed by atoms with Crippen LogP contribution in [0.15, 0.2) is 93.1 Å². The lowest BCUT2D eigenvalue weighted by Gasteiger charge is -2.15. The van der Waals surface area contributed by atoms with E-state index >= 15 is 0 Å². The Balaban J connectivity index is 1.83. The summed E-state index contributed by atoms with van der Waals surface area (Å²) in [6.45, 7) is 0. The van der Waals surface area contributed by atoms with Crippen LogP contribution >= 0.6 is 27.7 Å². The Labute approximate surface area is 174 Å². The van der Waals surface area contributed by atoms with E-state index in [-0.39, 0.29) is 5.57 Å². The number of carbonyl (C=O) groups is 2. The Bertz CT molecular complexity index is 1100. The summed E-state index contributed by atoms with van der Waals surface area (Å²) in [4.78, 5) is 28.8. The molecule has 28 heavy (non-hydrogen) atoms. The normalized spacial score (nSPS) is 14.1. The third-order valence-corrected chi connectivity index (χ3v) is 5.79. The Morgan fingerprint density at radius 3 is 2.21 bits per heavy atom. The van der Waals surface area contributed by atoms with Crippen LogP contribution in [-0.4, -0.2) is 11.8 Å². The fourth-order valence-corrected chi connectivity index (χ4v) is 4.33. The number of hydrogen-bond acceptors (Lipinski definition) is 3. The Kier molecular flexibility index (Phi) is 5.15. The number of thioether (sulfide) groups is 1. The van der Waals surface area contributed by atoms with Crippen LogP contribution in [0, 0.1) is 5.82 Å². The number of benzene rings is 3. The highest BCUT2D eigenvalue weighted by molar-refractivity contribution is 9.10. The fraction of sp³-hybridized carbons (Fsp3) is 0. The van der Waals surface area contributed by atoms with Gasteiger partial charge in [-0.05, 0) is 48.0 Å². The summed E-state index contributed by atoms with van der Waals surface area (Å²) in [6.07, 6.45) is 0. The molecule has 0 bridgehead atoms. The first-order valence-corrected chi connectivity index (χ1v) is 10.0. The third kappa shape index (κ3) is 3.53. The molecule has 3 aromatic rings. The van der Waals surface area contributed by atoms with Crippen molar-refractivity contribution in [3.63, 3.8) is 0 Å². The zero-order valence-corrected chi connectivity index (χ0v) is 16.8. The van der Waals surface area contributed by atoms with Gasteiger partial charge in [0.05, 0.1) is 16.2 Å². The fourth-order valence-electron chi connectivity index (χ4n) is 2.93. The van der Waals surface area contributed by atoms with Gasteiger partial charge in [-0.3, -0.25) is 9.59 Å². The van der Waals surface area contributed by atoms with Crippen molar-refractivity contribution in [2.24, 2.45) is 0 Å². The first-order valence-electron chi connectivity index (χ1n) is 8.42. The third-order valence-electron chi connectivity index (χ3n) is 4.20. The average molecular weight is 454 g/mol. The molecular formula is C22H13BrFNO2S. The minimum atomic E-state index is -0.423. The second-order valence-electron chi connectivity index (χ2n) is 6.05. The van der Waals surface area contributed by atoms with Gasteiger partial charge in [0.1, 0.15) is 5.82 Å². The zero-order chi connectivity index (χ0) is 19.7. The van der Waals surface area contributed by atoms with Crippen molar-refractivity contribution in [1.82, 2.24) is 0 Å². The van der Waals surface area contributed by atoms with Gasteiger partial charge in [-0.15, -0.1) is 0 Å². The average Bonchev–Trinajstić information content (AvgIpc) is 2.93. The van der Waals surface area contributed by atoms with Crippen molar-refractivity contribution in [3.05, 3.63) is 99.6 Å². The van der Waals surface area contributed by atoms with Crippen molar-refractivity contribution in [2.45, 2.75) is 4.90 Å². The lowest BCUT2D eigenvalue weighted by atomic mass is 10.1. The maximum absolute atomic E-state index is 13.4. The SMILES string of the molecule is O=C1C(Sc2ccccc2)=C(c2ccc(F)cc2)C(=O)N1c1cccc(Br)c1. The number of amides is 2. The van der Waals surface area contributed by atoms with Crippen molar-refractivity contribution in [2.75, 3.05) is 4.90 Å². The summed E-state index contributed by atoms with van der Waals surface area (Å²) in [5.41, 5.74) is 1.27. The van der Waals surface area contributed by atoms with Crippen LogP contribution in [0.4, 0.5) is 10.1 Å². The highest BCUT2D eigenvalue weighted by atomic mass is 79.9. The number of imide groups is 1. The zero-order valence-electron chi connectivity index (χ0n) is 14.4. The molecule has 4 rings (SSSR count). The lowest BCUT2D eigenvalue weighted by Crippen LogP contribution is -2.31. The largest absolute Gasteiger partial charge is 0.272 e. The first-order chi connectivity index (χ1) is 13.5.